The van der Waals surface area contributed by atoms with Gasteiger partial charge in [-0.3, -0.25) is 0 Å². The van der Waals surface area contributed by atoms with Gasteiger partial charge in [-0.15, -0.1) is 0 Å². The van der Waals surface area contributed by atoms with Gasteiger partial charge in [-0.2, -0.15) is 0 Å². The molecule has 0 fully saturated rings. The molecule has 0 radical (unpaired) electrons. The van der Waals surface area contributed by atoms with E-state index in [0.717, 1.165) is 30.4 Å². The van der Waals surface area contributed by atoms with Gasteiger partial charge in [-0.05, 0) is 42.5 Å². The first-order valence-electron chi connectivity index (χ1n) is 5.38. The zero-order chi connectivity index (χ0) is 11.5. The predicted octanol–water partition coefficient (Wildman–Crippen LogP) is 2.70. The largest absolute Gasteiger partial charge is 0.488 e. The van der Waals surface area contributed by atoms with Crippen LogP contribution in [0.1, 0.15) is 30.1 Å². The molecule has 1 N–H and O–H groups in total. The molecule has 4 heteroatoms. The van der Waals surface area contributed by atoms with Gasteiger partial charge in [-0.1, -0.05) is 6.07 Å². The van der Waals surface area contributed by atoms with Crippen molar-refractivity contribution in [1.29, 1.82) is 0 Å². The third kappa shape index (κ3) is 2.50. The molecule has 0 amide bonds. The van der Waals surface area contributed by atoms with Crippen molar-refractivity contribution in [3.05, 3.63) is 29.3 Å². The normalized spacial score (nSPS) is 19.6. The minimum absolute atomic E-state index is 0.423. The fraction of sp³-hybridized carbons (Fsp3) is 0.500. The molecule has 1 atom stereocenters. The molecule has 1 aliphatic carbocycles. The molecule has 0 heterocycles. The maximum atomic E-state index is 12.0. The molecule has 0 bridgehead atoms. The first-order valence-corrected chi connectivity index (χ1v) is 5.38. The van der Waals surface area contributed by atoms with Crippen LogP contribution >= 0.6 is 0 Å². The van der Waals surface area contributed by atoms with Gasteiger partial charge in [0, 0.05) is 0 Å². The van der Waals surface area contributed by atoms with E-state index < -0.39 is 19.1 Å². The van der Waals surface area contributed by atoms with E-state index in [1.165, 1.54) is 0 Å². The number of hydrogen-bond acceptors (Lipinski definition) is 2. The average Bonchev–Trinajstić information content (AvgIpc) is 2.26. The Kier molecular flexibility index (Phi) is 3.39. The van der Waals surface area contributed by atoms with E-state index in [4.69, 9.17) is 4.74 Å². The van der Waals surface area contributed by atoms with Gasteiger partial charge in [0.15, 0.2) is 0 Å². The number of ether oxygens (including phenoxy) is 1. The van der Waals surface area contributed by atoms with Gasteiger partial charge in [0.2, 0.25) is 0 Å². The van der Waals surface area contributed by atoms with Crippen LogP contribution in [0.25, 0.3) is 0 Å². The standard InChI is InChI=1S/C12H14F2O2/c13-12(14)7-16-9-4-5-10-8(6-9)2-1-3-11(10)15/h4-6,11-12,15H,1-3,7H2. The van der Waals surface area contributed by atoms with Crippen LogP contribution in [-0.4, -0.2) is 18.1 Å². The molecule has 1 unspecified atom stereocenters. The van der Waals surface area contributed by atoms with Crippen molar-refractivity contribution in [2.24, 2.45) is 0 Å². The second-order valence-corrected chi connectivity index (χ2v) is 3.97. The number of rotatable bonds is 3. The number of benzene rings is 1. The molecular weight excluding hydrogens is 214 g/mol. The predicted molar refractivity (Wildman–Crippen MR) is 55.8 cm³/mol. The Morgan fingerprint density at radius 2 is 2.25 bits per heavy atom. The molecule has 1 aromatic carbocycles. The Bertz CT molecular complexity index is 366. The van der Waals surface area contributed by atoms with Gasteiger partial charge < -0.3 is 9.84 Å². The van der Waals surface area contributed by atoms with Gasteiger partial charge in [-0.25, -0.2) is 8.78 Å². The van der Waals surface area contributed by atoms with E-state index in [1.54, 1.807) is 18.2 Å². The Morgan fingerprint density at radius 3 is 3.00 bits per heavy atom. The number of alkyl halides is 2. The summed E-state index contributed by atoms with van der Waals surface area (Å²) in [5.74, 6) is 0.452. The van der Waals surface area contributed by atoms with Crippen molar-refractivity contribution in [2.45, 2.75) is 31.8 Å². The first kappa shape index (κ1) is 11.3. The minimum atomic E-state index is -2.46. The van der Waals surface area contributed by atoms with Gasteiger partial charge >= 0.3 is 0 Å². The number of fused-ring (bicyclic) bond motifs is 1. The van der Waals surface area contributed by atoms with E-state index in [2.05, 4.69) is 0 Å². The molecule has 0 aromatic heterocycles. The fourth-order valence-electron chi connectivity index (χ4n) is 2.01. The lowest BCUT2D eigenvalue weighted by Crippen LogP contribution is -2.11. The summed E-state index contributed by atoms with van der Waals surface area (Å²) in [7, 11) is 0. The average molecular weight is 228 g/mol. The number of aryl methyl sites for hydroxylation is 1. The molecular formula is C12H14F2O2. The van der Waals surface area contributed by atoms with Crippen LogP contribution in [0.4, 0.5) is 8.78 Å². The third-order valence-corrected chi connectivity index (χ3v) is 2.77. The van der Waals surface area contributed by atoms with Crippen molar-refractivity contribution in [3.8, 4) is 5.75 Å². The monoisotopic (exact) mass is 228 g/mol. The van der Waals surface area contributed by atoms with Crippen molar-refractivity contribution >= 4 is 0 Å². The van der Waals surface area contributed by atoms with Crippen molar-refractivity contribution in [2.75, 3.05) is 6.61 Å². The zero-order valence-electron chi connectivity index (χ0n) is 8.83. The molecule has 88 valence electrons. The molecule has 1 aliphatic rings. The second kappa shape index (κ2) is 4.78. The van der Waals surface area contributed by atoms with Crippen LogP contribution in [0.3, 0.4) is 0 Å². The Hall–Kier alpha value is -1.16. The molecule has 16 heavy (non-hydrogen) atoms. The zero-order valence-corrected chi connectivity index (χ0v) is 8.83. The lowest BCUT2D eigenvalue weighted by atomic mass is 9.89. The highest BCUT2D eigenvalue weighted by Gasteiger charge is 2.18. The van der Waals surface area contributed by atoms with Crippen LogP contribution in [0, 0.1) is 0 Å². The van der Waals surface area contributed by atoms with Gasteiger partial charge in [0.25, 0.3) is 6.43 Å². The molecule has 0 saturated heterocycles. The smallest absolute Gasteiger partial charge is 0.272 e. The quantitative estimate of drug-likeness (QED) is 0.861. The van der Waals surface area contributed by atoms with E-state index in [0.29, 0.717) is 5.75 Å². The van der Waals surface area contributed by atoms with Crippen molar-refractivity contribution in [1.82, 2.24) is 0 Å². The molecule has 0 saturated carbocycles. The number of aliphatic hydroxyl groups is 1. The third-order valence-electron chi connectivity index (χ3n) is 2.77. The van der Waals surface area contributed by atoms with Gasteiger partial charge in [0.05, 0.1) is 6.10 Å². The first-order chi connectivity index (χ1) is 7.66. The Labute approximate surface area is 92.9 Å². The summed E-state index contributed by atoms with van der Waals surface area (Å²) in [5, 5.41) is 9.71. The highest BCUT2D eigenvalue weighted by atomic mass is 19.3. The highest BCUT2D eigenvalue weighted by Crippen LogP contribution is 2.31. The summed E-state index contributed by atoms with van der Waals surface area (Å²) in [6.45, 7) is -0.582. The number of aliphatic hydroxyl groups excluding tert-OH is 1. The summed E-state index contributed by atoms with van der Waals surface area (Å²) in [6.07, 6.45) is -0.316. The summed E-state index contributed by atoms with van der Waals surface area (Å²) >= 11 is 0. The van der Waals surface area contributed by atoms with E-state index >= 15 is 0 Å². The molecule has 1 aromatic rings. The van der Waals surface area contributed by atoms with Crippen LogP contribution in [0.2, 0.25) is 0 Å². The fourth-order valence-corrected chi connectivity index (χ4v) is 2.01. The minimum Gasteiger partial charge on any atom is -0.488 e. The summed E-state index contributed by atoms with van der Waals surface area (Å²) < 4.78 is 28.9. The lowest BCUT2D eigenvalue weighted by molar-refractivity contribution is 0.0817. The van der Waals surface area contributed by atoms with Crippen LogP contribution in [0.15, 0.2) is 18.2 Å². The molecule has 0 aliphatic heterocycles. The van der Waals surface area contributed by atoms with Gasteiger partial charge in [0.1, 0.15) is 12.4 Å². The number of hydrogen-bond donors (Lipinski definition) is 1. The summed E-state index contributed by atoms with van der Waals surface area (Å²) in [4.78, 5) is 0. The topological polar surface area (TPSA) is 29.5 Å². The Balaban J connectivity index is 2.12. The lowest BCUT2D eigenvalue weighted by Gasteiger charge is -2.21. The van der Waals surface area contributed by atoms with E-state index in [9.17, 15) is 13.9 Å². The Morgan fingerprint density at radius 1 is 1.44 bits per heavy atom. The van der Waals surface area contributed by atoms with E-state index in [1.807, 2.05) is 0 Å². The summed E-state index contributed by atoms with van der Waals surface area (Å²) in [5.41, 5.74) is 1.90. The van der Waals surface area contributed by atoms with Crippen LogP contribution < -0.4 is 4.74 Å². The van der Waals surface area contributed by atoms with Crippen molar-refractivity contribution in [3.63, 3.8) is 0 Å². The summed E-state index contributed by atoms with van der Waals surface area (Å²) in [6, 6.07) is 5.15. The number of halogens is 2. The molecule has 2 rings (SSSR count). The van der Waals surface area contributed by atoms with Crippen molar-refractivity contribution < 1.29 is 18.6 Å². The highest BCUT2D eigenvalue weighted by molar-refractivity contribution is 5.38. The molecule has 0 spiro atoms. The maximum Gasteiger partial charge on any atom is 0.272 e. The SMILES string of the molecule is OC1CCCc2cc(OCC(F)F)ccc21. The second-order valence-electron chi connectivity index (χ2n) is 3.97. The maximum absolute atomic E-state index is 12.0. The van der Waals surface area contributed by atoms with Crippen LogP contribution in [0.5, 0.6) is 5.75 Å². The molecule has 2 nitrogen and oxygen atoms in total. The van der Waals surface area contributed by atoms with E-state index in [-0.39, 0.29) is 0 Å². The van der Waals surface area contributed by atoms with Crippen LogP contribution in [-0.2, 0) is 6.42 Å².